The number of hydrogen-bond donors (Lipinski definition) is 2. The Kier molecular flexibility index (Phi) is 8.28. The molecule has 0 radical (unpaired) electrons. The van der Waals surface area contributed by atoms with Crippen LogP contribution in [0.15, 0.2) is 24.3 Å². The lowest BCUT2D eigenvalue weighted by Crippen LogP contribution is -2.23. The van der Waals surface area contributed by atoms with Gasteiger partial charge in [-0.25, -0.2) is 0 Å². The van der Waals surface area contributed by atoms with E-state index in [1.807, 2.05) is 38.1 Å². The standard InChI is InChI=1S/C17H26N2O2.ClH/c1-13(2)21-16-6-3-14(4-7-16)12-19-17(20)8-5-15-9-10-18-11-15;/h3-4,6-7,13,15,18H,5,8-12H2,1-2H3,(H,19,20);1H. The van der Waals surface area contributed by atoms with Crippen LogP contribution in [0.3, 0.4) is 0 Å². The van der Waals surface area contributed by atoms with Gasteiger partial charge in [-0.05, 0) is 63.4 Å². The van der Waals surface area contributed by atoms with Crippen molar-refractivity contribution in [3.05, 3.63) is 29.8 Å². The van der Waals surface area contributed by atoms with Crippen LogP contribution in [0.4, 0.5) is 0 Å². The number of rotatable bonds is 7. The van der Waals surface area contributed by atoms with Crippen molar-refractivity contribution in [3.63, 3.8) is 0 Å². The number of carbonyl (C=O) groups excluding carboxylic acids is 1. The molecule has 1 aliphatic heterocycles. The number of carbonyl (C=O) groups is 1. The van der Waals surface area contributed by atoms with Gasteiger partial charge in [-0.15, -0.1) is 12.4 Å². The molecular weight excluding hydrogens is 300 g/mol. The summed E-state index contributed by atoms with van der Waals surface area (Å²) in [7, 11) is 0. The van der Waals surface area contributed by atoms with Crippen molar-refractivity contribution in [1.29, 1.82) is 0 Å². The van der Waals surface area contributed by atoms with E-state index in [1.165, 1.54) is 6.42 Å². The summed E-state index contributed by atoms with van der Waals surface area (Å²) in [5.74, 6) is 1.68. The van der Waals surface area contributed by atoms with Gasteiger partial charge in [0, 0.05) is 13.0 Å². The zero-order chi connectivity index (χ0) is 15.1. The van der Waals surface area contributed by atoms with Gasteiger partial charge in [0.2, 0.25) is 5.91 Å². The van der Waals surface area contributed by atoms with Crippen molar-refractivity contribution in [2.45, 2.75) is 45.8 Å². The molecule has 1 atom stereocenters. The minimum Gasteiger partial charge on any atom is -0.491 e. The van der Waals surface area contributed by atoms with Gasteiger partial charge in [0.15, 0.2) is 0 Å². The molecule has 1 heterocycles. The molecule has 1 aromatic carbocycles. The largest absolute Gasteiger partial charge is 0.491 e. The summed E-state index contributed by atoms with van der Waals surface area (Å²) in [5, 5.41) is 6.31. The van der Waals surface area contributed by atoms with Gasteiger partial charge in [0.1, 0.15) is 5.75 Å². The first-order valence-corrected chi connectivity index (χ1v) is 7.86. The Labute approximate surface area is 139 Å². The van der Waals surface area contributed by atoms with E-state index in [-0.39, 0.29) is 24.4 Å². The molecule has 1 unspecified atom stereocenters. The first-order valence-electron chi connectivity index (χ1n) is 7.86. The highest BCUT2D eigenvalue weighted by Crippen LogP contribution is 2.15. The van der Waals surface area contributed by atoms with E-state index in [9.17, 15) is 4.79 Å². The van der Waals surface area contributed by atoms with E-state index in [0.29, 0.717) is 18.9 Å². The van der Waals surface area contributed by atoms with E-state index in [2.05, 4.69) is 10.6 Å². The molecule has 22 heavy (non-hydrogen) atoms. The van der Waals surface area contributed by atoms with Crippen molar-refractivity contribution in [2.75, 3.05) is 13.1 Å². The summed E-state index contributed by atoms with van der Waals surface area (Å²) in [6.45, 7) is 6.76. The third-order valence-electron chi connectivity index (χ3n) is 3.73. The number of nitrogens with one attached hydrogen (secondary N) is 2. The monoisotopic (exact) mass is 326 g/mol. The van der Waals surface area contributed by atoms with Crippen LogP contribution < -0.4 is 15.4 Å². The minimum atomic E-state index is 0. The molecule has 2 rings (SSSR count). The Balaban J connectivity index is 0.00000242. The predicted molar refractivity (Wildman–Crippen MR) is 91.5 cm³/mol. The Hall–Kier alpha value is -1.26. The molecule has 1 fully saturated rings. The fourth-order valence-corrected chi connectivity index (χ4v) is 2.54. The van der Waals surface area contributed by atoms with Gasteiger partial charge in [-0.1, -0.05) is 12.1 Å². The fraction of sp³-hybridized carbons (Fsp3) is 0.588. The normalized spacial score (nSPS) is 17.1. The van der Waals surface area contributed by atoms with Crippen LogP contribution in [0.2, 0.25) is 0 Å². The van der Waals surface area contributed by atoms with Gasteiger partial charge < -0.3 is 15.4 Å². The van der Waals surface area contributed by atoms with Crippen molar-refractivity contribution in [3.8, 4) is 5.75 Å². The van der Waals surface area contributed by atoms with Crippen LogP contribution in [-0.4, -0.2) is 25.1 Å². The Morgan fingerprint density at radius 3 is 2.68 bits per heavy atom. The Morgan fingerprint density at radius 2 is 2.09 bits per heavy atom. The van der Waals surface area contributed by atoms with Crippen molar-refractivity contribution in [1.82, 2.24) is 10.6 Å². The van der Waals surface area contributed by atoms with Crippen molar-refractivity contribution >= 4 is 18.3 Å². The van der Waals surface area contributed by atoms with Gasteiger partial charge in [-0.3, -0.25) is 4.79 Å². The number of ether oxygens (including phenoxy) is 1. The molecule has 5 heteroatoms. The first-order chi connectivity index (χ1) is 10.1. The second-order valence-electron chi connectivity index (χ2n) is 5.98. The summed E-state index contributed by atoms with van der Waals surface area (Å²) in [5.41, 5.74) is 1.10. The zero-order valence-electron chi connectivity index (χ0n) is 13.4. The number of amides is 1. The van der Waals surface area contributed by atoms with Crippen LogP contribution >= 0.6 is 12.4 Å². The lowest BCUT2D eigenvalue weighted by molar-refractivity contribution is -0.121. The van der Waals surface area contributed by atoms with Gasteiger partial charge in [0.25, 0.3) is 0 Å². The molecule has 1 saturated heterocycles. The summed E-state index contributed by atoms with van der Waals surface area (Å²) in [4.78, 5) is 11.8. The van der Waals surface area contributed by atoms with E-state index < -0.39 is 0 Å². The summed E-state index contributed by atoms with van der Waals surface area (Å²) in [6.07, 6.45) is 2.99. The van der Waals surface area contributed by atoms with Gasteiger partial charge >= 0.3 is 0 Å². The summed E-state index contributed by atoms with van der Waals surface area (Å²) < 4.78 is 5.60. The molecule has 0 saturated carbocycles. The predicted octanol–water partition coefficient (Wildman–Crippen LogP) is 2.90. The van der Waals surface area contributed by atoms with E-state index in [4.69, 9.17) is 4.74 Å². The number of halogens is 1. The highest BCUT2D eigenvalue weighted by atomic mass is 35.5. The molecule has 124 valence electrons. The van der Waals surface area contributed by atoms with E-state index in [0.717, 1.165) is 30.8 Å². The van der Waals surface area contributed by atoms with Crippen LogP contribution in [0.1, 0.15) is 38.7 Å². The molecule has 0 bridgehead atoms. The smallest absolute Gasteiger partial charge is 0.220 e. The average Bonchev–Trinajstić information content (AvgIpc) is 2.97. The highest BCUT2D eigenvalue weighted by molar-refractivity contribution is 5.85. The van der Waals surface area contributed by atoms with Crippen LogP contribution in [0.25, 0.3) is 0 Å². The van der Waals surface area contributed by atoms with Crippen LogP contribution in [-0.2, 0) is 11.3 Å². The number of benzene rings is 1. The van der Waals surface area contributed by atoms with Crippen molar-refractivity contribution in [2.24, 2.45) is 5.92 Å². The maximum absolute atomic E-state index is 11.8. The van der Waals surface area contributed by atoms with E-state index >= 15 is 0 Å². The molecule has 1 aliphatic rings. The molecule has 1 amide bonds. The maximum atomic E-state index is 11.8. The lowest BCUT2D eigenvalue weighted by Gasteiger charge is -2.11. The highest BCUT2D eigenvalue weighted by Gasteiger charge is 2.15. The van der Waals surface area contributed by atoms with Crippen LogP contribution in [0.5, 0.6) is 5.75 Å². The van der Waals surface area contributed by atoms with Crippen molar-refractivity contribution < 1.29 is 9.53 Å². The molecule has 1 aromatic rings. The third-order valence-corrected chi connectivity index (χ3v) is 3.73. The summed E-state index contributed by atoms with van der Waals surface area (Å²) >= 11 is 0. The SMILES string of the molecule is CC(C)Oc1ccc(CNC(=O)CCC2CCNC2)cc1.Cl. The molecule has 0 aliphatic carbocycles. The maximum Gasteiger partial charge on any atom is 0.220 e. The van der Waals surface area contributed by atoms with E-state index in [1.54, 1.807) is 0 Å². The lowest BCUT2D eigenvalue weighted by atomic mass is 10.0. The average molecular weight is 327 g/mol. The quantitative estimate of drug-likeness (QED) is 0.810. The summed E-state index contributed by atoms with van der Waals surface area (Å²) in [6, 6.07) is 7.90. The topological polar surface area (TPSA) is 50.4 Å². The van der Waals surface area contributed by atoms with Gasteiger partial charge in [0.05, 0.1) is 6.10 Å². The molecule has 4 nitrogen and oxygen atoms in total. The second-order valence-corrected chi connectivity index (χ2v) is 5.98. The Bertz CT molecular complexity index is 442. The van der Waals surface area contributed by atoms with Gasteiger partial charge in [-0.2, -0.15) is 0 Å². The fourth-order valence-electron chi connectivity index (χ4n) is 2.54. The molecule has 0 spiro atoms. The first kappa shape index (κ1) is 18.8. The minimum absolute atomic E-state index is 0. The zero-order valence-corrected chi connectivity index (χ0v) is 14.2. The van der Waals surface area contributed by atoms with Crippen LogP contribution in [0, 0.1) is 5.92 Å². The Morgan fingerprint density at radius 1 is 1.36 bits per heavy atom. The second kappa shape index (κ2) is 9.70. The number of hydrogen-bond acceptors (Lipinski definition) is 3. The molecule has 0 aromatic heterocycles. The molecule has 2 N–H and O–H groups in total. The third kappa shape index (κ3) is 6.67. The molecular formula is C17H27ClN2O2.